The van der Waals surface area contributed by atoms with Gasteiger partial charge >= 0.3 is 0 Å². The zero-order valence-corrected chi connectivity index (χ0v) is 14.8. The lowest BCUT2D eigenvalue weighted by Gasteiger charge is -2.37. The van der Waals surface area contributed by atoms with Crippen LogP contribution in [0.15, 0.2) is 5.38 Å². The van der Waals surface area contributed by atoms with Crippen LogP contribution in [0, 0.1) is 5.92 Å². The van der Waals surface area contributed by atoms with Crippen molar-refractivity contribution in [1.29, 1.82) is 0 Å². The van der Waals surface area contributed by atoms with Gasteiger partial charge in [0.2, 0.25) is 5.91 Å². The van der Waals surface area contributed by atoms with Gasteiger partial charge in [-0.15, -0.1) is 11.3 Å². The standard InChI is InChI=1S/C17H25N3O3S/c21-16(13-1-2-13)20-5-3-17(22,4-6-20)14-12-24-15(18-14)11-19-7-9-23-10-8-19/h12-13,22H,1-11H2. The first kappa shape index (κ1) is 16.4. The number of hydrogen-bond acceptors (Lipinski definition) is 6. The number of likely N-dealkylation sites (tertiary alicyclic amines) is 1. The number of morpholine rings is 1. The zero-order chi connectivity index (χ0) is 16.6. The summed E-state index contributed by atoms with van der Waals surface area (Å²) in [5, 5.41) is 14.0. The first-order valence-electron chi connectivity index (χ1n) is 8.90. The number of aromatic nitrogens is 1. The van der Waals surface area contributed by atoms with E-state index < -0.39 is 5.60 Å². The molecular formula is C17H25N3O3S. The van der Waals surface area contributed by atoms with Gasteiger partial charge in [-0.2, -0.15) is 0 Å². The predicted molar refractivity (Wildman–Crippen MR) is 90.6 cm³/mol. The van der Waals surface area contributed by atoms with Crippen LogP contribution in [-0.2, 0) is 21.7 Å². The molecule has 2 saturated heterocycles. The molecule has 132 valence electrons. The number of rotatable bonds is 4. The second-order valence-corrected chi connectivity index (χ2v) is 8.09. The van der Waals surface area contributed by atoms with Crippen molar-refractivity contribution in [1.82, 2.24) is 14.8 Å². The molecule has 1 aromatic heterocycles. The fraction of sp³-hybridized carbons (Fsp3) is 0.765. The van der Waals surface area contributed by atoms with E-state index in [0.29, 0.717) is 25.9 Å². The van der Waals surface area contributed by atoms with Crippen LogP contribution in [0.5, 0.6) is 0 Å². The molecule has 6 nitrogen and oxygen atoms in total. The van der Waals surface area contributed by atoms with Crippen LogP contribution in [-0.4, -0.2) is 65.2 Å². The summed E-state index contributed by atoms with van der Waals surface area (Å²) in [6.45, 7) is 5.57. The molecule has 1 aliphatic carbocycles. The minimum Gasteiger partial charge on any atom is -0.383 e. The molecule has 3 aliphatic rings. The summed E-state index contributed by atoms with van der Waals surface area (Å²) in [7, 11) is 0. The Bertz CT molecular complexity index is 588. The summed E-state index contributed by atoms with van der Waals surface area (Å²) in [6, 6.07) is 0. The highest BCUT2D eigenvalue weighted by atomic mass is 32.1. The molecule has 0 radical (unpaired) electrons. The summed E-state index contributed by atoms with van der Waals surface area (Å²) in [4.78, 5) is 21.1. The van der Waals surface area contributed by atoms with Crippen LogP contribution >= 0.6 is 11.3 Å². The fourth-order valence-corrected chi connectivity index (χ4v) is 4.42. The Labute approximate surface area is 146 Å². The first-order chi connectivity index (χ1) is 11.6. The lowest BCUT2D eigenvalue weighted by Crippen LogP contribution is -2.45. The van der Waals surface area contributed by atoms with E-state index in [1.165, 1.54) is 0 Å². The third kappa shape index (κ3) is 3.49. The molecule has 7 heteroatoms. The highest BCUT2D eigenvalue weighted by molar-refractivity contribution is 7.09. The van der Waals surface area contributed by atoms with Crippen LogP contribution in [0.2, 0.25) is 0 Å². The molecule has 1 aromatic rings. The molecule has 0 atom stereocenters. The van der Waals surface area contributed by atoms with Gasteiger partial charge in [0, 0.05) is 37.5 Å². The molecule has 0 spiro atoms. The second-order valence-electron chi connectivity index (χ2n) is 7.15. The molecular weight excluding hydrogens is 326 g/mol. The Hall–Kier alpha value is -1.02. The van der Waals surface area contributed by atoms with Gasteiger partial charge in [-0.25, -0.2) is 4.98 Å². The zero-order valence-electron chi connectivity index (χ0n) is 13.9. The Kier molecular flexibility index (Phi) is 4.60. The number of nitrogens with zero attached hydrogens (tertiary/aromatic N) is 3. The molecule has 0 aromatic carbocycles. The monoisotopic (exact) mass is 351 g/mol. The molecule has 4 rings (SSSR count). The molecule has 1 saturated carbocycles. The van der Waals surface area contributed by atoms with Gasteiger partial charge in [0.15, 0.2) is 0 Å². The van der Waals surface area contributed by atoms with Crippen molar-refractivity contribution in [2.45, 2.75) is 37.8 Å². The Morgan fingerprint density at radius 3 is 2.67 bits per heavy atom. The molecule has 3 fully saturated rings. The van der Waals surface area contributed by atoms with Crippen LogP contribution < -0.4 is 0 Å². The number of piperidine rings is 1. The number of hydrogen-bond donors (Lipinski definition) is 1. The maximum atomic E-state index is 12.1. The second kappa shape index (κ2) is 6.71. The van der Waals surface area contributed by atoms with Gasteiger partial charge in [0.1, 0.15) is 10.6 Å². The van der Waals surface area contributed by atoms with Crippen LogP contribution in [0.4, 0.5) is 0 Å². The van der Waals surface area contributed by atoms with E-state index in [4.69, 9.17) is 9.72 Å². The number of carbonyl (C=O) groups is 1. The average molecular weight is 351 g/mol. The Morgan fingerprint density at radius 2 is 2.00 bits per heavy atom. The fourth-order valence-electron chi connectivity index (χ4n) is 3.49. The molecule has 0 bridgehead atoms. The van der Waals surface area contributed by atoms with Crippen molar-refractivity contribution < 1.29 is 14.6 Å². The van der Waals surface area contributed by atoms with E-state index in [0.717, 1.165) is 56.4 Å². The maximum absolute atomic E-state index is 12.1. The van der Waals surface area contributed by atoms with Crippen molar-refractivity contribution in [3.8, 4) is 0 Å². The lowest BCUT2D eigenvalue weighted by molar-refractivity contribution is -0.137. The van der Waals surface area contributed by atoms with Gasteiger partial charge in [0.25, 0.3) is 0 Å². The van der Waals surface area contributed by atoms with Crippen LogP contribution in [0.25, 0.3) is 0 Å². The normalized spacial score (nSPS) is 25.0. The molecule has 24 heavy (non-hydrogen) atoms. The molecule has 0 unspecified atom stereocenters. The van der Waals surface area contributed by atoms with Crippen molar-refractivity contribution in [2.75, 3.05) is 39.4 Å². The number of thiazole rings is 1. The summed E-state index contributed by atoms with van der Waals surface area (Å²) in [5.74, 6) is 0.541. The number of aliphatic hydroxyl groups is 1. The van der Waals surface area contributed by atoms with Crippen molar-refractivity contribution in [2.24, 2.45) is 5.92 Å². The van der Waals surface area contributed by atoms with E-state index in [1.54, 1.807) is 11.3 Å². The molecule has 3 heterocycles. The Morgan fingerprint density at radius 1 is 1.29 bits per heavy atom. The van der Waals surface area contributed by atoms with E-state index in [1.807, 2.05) is 10.3 Å². The molecule has 2 aliphatic heterocycles. The van der Waals surface area contributed by atoms with Crippen LogP contribution in [0.1, 0.15) is 36.4 Å². The topological polar surface area (TPSA) is 65.9 Å². The van der Waals surface area contributed by atoms with Crippen molar-refractivity contribution >= 4 is 17.2 Å². The summed E-state index contributed by atoms with van der Waals surface area (Å²) in [5.41, 5.74) is -0.0885. The van der Waals surface area contributed by atoms with Gasteiger partial charge < -0.3 is 14.7 Å². The largest absolute Gasteiger partial charge is 0.383 e. The maximum Gasteiger partial charge on any atom is 0.225 e. The Balaban J connectivity index is 1.36. The SMILES string of the molecule is O=C(C1CC1)N1CCC(O)(c2csc(CN3CCOCC3)n2)CC1. The quantitative estimate of drug-likeness (QED) is 0.883. The third-order valence-corrected chi connectivity index (χ3v) is 6.15. The van der Waals surface area contributed by atoms with E-state index >= 15 is 0 Å². The number of carbonyl (C=O) groups excluding carboxylic acids is 1. The highest BCUT2D eigenvalue weighted by Gasteiger charge is 2.40. The van der Waals surface area contributed by atoms with Crippen molar-refractivity contribution in [3.63, 3.8) is 0 Å². The smallest absolute Gasteiger partial charge is 0.225 e. The van der Waals surface area contributed by atoms with Gasteiger partial charge in [-0.3, -0.25) is 9.69 Å². The van der Waals surface area contributed by atoms with Crippen molar-refractivity contribution in [3.05, 3.63) is 16.1 Å². The van der Waals surface area contributed by atoms with Gasteiger partial charge in [0.05, 0.1) is 25.5 Å². The lowest BCUT2D eigenvalue weighted by atomic mass is 9.88. The number of ether oxygens (including phenoxy) is 1. The highest BCUT2D eigenvalue weighted by Crippen LogP contribution is 2.37. The minimum atomic E-state index is -0.875. The number of amides is 1. The van der Waals surface area contributed by atoms with E-state index in [9.17, 15) is 9.90 Å². The van der Waals surface area contributed by atoms with Gasteiger partial charge in [-0.1, -0.05) is 0 Å². The molecule has 1 amide bonds. The van der Waals surface area contributed by atoms with Crippen LogP contribution in [0.3, 0.4) is 0 Å². The van der Waals surface area contributed by atoms with E-state index in [-0.39, 0.29) is 11.8 Å². The van der Waals surface area contributed by atoms with Gasteiger partial charge in [-0.05, 0) is 25.7 Å². The summed E-state index contributed by atoms with van der Waals surface area (Å²) >= 11 is 1.62. The predicted octanol–water partition coefficient (Wildman–Crippen LogP) is 1.20. The minimum absolute atomic E-state index is 0.260. The van der Waals surface area contributed by atoms with E-state index in [2.05, 4.69) is 4.90 Å². The molecule has 1 N–H and O–H groups in total. The average Bonchev–Trinajstić information content (AvgIpc) is 3.35. The summed E-state index contributed by atoms with van der Waals surface area (Å²) in [6.07, 6.45) is 3.26. The third-order valence-electron chi connectivity index (χ3n) is 5.32. The first-order valence-corrected chi connectivity index (χ1v) is 9.78. The summed E-state index contributed by atoms with van der Waals surface area (Å²) < 4.78 is 5.37.